The summed E-state index contributed by atoms with van der Waals surface area (Å²) in [5.41, 5.74) is 0.900. The zero-order chi connectivity index (χ0) is 16.4. The number of carbonyl (C=O) groups excluding carboxylic acids is 2. The molecule has 3 N–H and O–H groups in total. The fourth-order valence-corrected chi connectivity index (χ4v) is 3.18. The van der Waals surface area contributed by atoms with Crippen molar-refractivity contribution in [1.29, 1.82) is 0 Å². The molecule has 1 aromatic carbocycles. The molecule has 0 radical (unpaired) electrons. The Kier molecular flexibility index (Phi) is 4.26. The third-order valence-corrected chi connectivity index (χ3v) is 4.63. The molecule has 2 fully saturated rings. The molecular weight excluding hydrogens is 294 g/mol. The summed E-state index contributed by atoms with van der Waals surface area (Å²) in [7, 11) is 1.59. The fraction of sp³-hybridized carbons (Fsp3) is 0.529. The molecule has 124 valence electrons. The first kappa shape index (κ1) is 15.8. The number of rotatable bonds is 4. The number of urea groups is 1. The van der Waals surface area contributed by atoms with Crippen LogP contribution in [-0.4, -0.2) is 37.2 Å². The van der Waals surface area contributed by atoms with E-state index in [0.717, 1.165) is 6.42 Å². The third kappa shape index (κ3) is 3.47. The maximum absolute atomic E-state index is 12.3. The van der Waals surface area contributed by atoms with Gasteiger partial charge in [0.25, 0.3) is 5.91 Å². The SMILES string of the molecule is CNC(=O)c1ccc(NC(=O)N[C@@]2(C)CCO[C@@H]2C2CC2)cc1. The van der Waals surface area contributed by atoms with Crippen LogP contribution in [0.3, 0.4) is 0 Å². The minimum atomic E-state index is -0.312. The van der Waals surface area contributed by atoms with Crippen molar-refractivity contribution in [2.24, 2.45) is 5.92 Å². The van der Waals surface area contributed by atoms with Crippen LogP contribution in [0.4, 0.5) is 10.5 Å². The molecule has 6 nitrogen and oxygen atoms in total. The highest BCUT2D eigenvalue weighted by Crippen LogP contribution is 2.43. The second-order valence-electron chi connectivity index (χ2n) is 6.53. The average molecular weight is 317 g/mol. The number of nitrogens with one attached hydrogen (secondary N) is 3. The molecule has 6 heteroatoms. The van der Waals surface area contributed by atoms with Gasteiger partial charge >= 0.3 is 6.03 Å². The Labute approximate surface area is 136 Å². The molecule has 2 aliphatic rings. The summed E-state index contributed by atoms with van der Waals surface area (Å²) in [6.07, 6.45) is 3.32. The van der Waals surface area contributed by atoms with Crippen molar-refractivity contribution in [2.45, 2.75) is 37.8 Å². The molecule has 2 atom stereocenters. The molecule has 3 amide bonds. The lowest BCUT2D eigenvalue weighted by Gasteiger charge is -2.31. The third-order valence-electron chi connectivity index (χ3n) is 4.63. The van der Waals surface area contributed by atoms with Gasteiger partial charge in [0.15, 0.2) is 0 Å². The van der Waals surface area contributed by atoms with E-state index in [1.165, 1.54) is 12.8 Å². The summed E-state index contributed by atoms with van der Waals surface area (Å²) < 4.78 is 5.81. The van der Waals surface area contributed by atoms with Crippen molar-refractivity contribution in [2.75, 3.05) is 19.0 Å². The minimum absolute atomic E-state index is 0.115. The van der Waals surface area contributed by atoms with Crippen LogP contribution < -0.4 is 16.0 Å². The van der Waals surface area contributed by atoms with Gasteiger partial charge < -0.3 is 20.7 Å². The number of ether oxygens (including phenoxy) is 1. The van der Waals surface area contributed by atoms with E-state index in [1.807, 2.05) is 0 Å². The Morgan fingerprint density at radius 3 is 2.52 bits per heavy atom. The van der Waals surface area contributed by atoms with Crippen LogP contribution in [0.1, 0.15) is 36.5 Å². The van der Waals surface area contributed by atoms with Crippen molar-refractivity contribution in [3.8, 4) is 0 Å². The number of amides is 3. The highest BCUT2D eigenvalue weighted by molar-refractivity contribution is 5.95. The summed E-state index contributed by atoms with van der Waals surface area (Å²) in [6.45, 7) is 2.75. The van der Waals surface area contributed by atoms with Crippen LogP contribution >= 0.6 is 0 Å². The number of anilines is 1. The molecule has 1 aliphatic heterocycles. The Balaban J connectivity index is 1.59. The number of carbonyl (C=O) groups is 2. The maximum atomic E-state index is 12.3. The van der Waals surface area contributed by atoms with Crippen LogP contribution in [0, 0.1) is 5.92 Å². The fourth-order valence-electron chi connectivity index (χ4n) is 3.18. The van der Waals surface area contributed by atoms with E-state index in [0.29, 0.717) is 23.8 Å². The largest absolute Gasteiger partial charge is 0.375 e. The molecule has 1 aliphatic carbocycles. The number of benzene rings is 1. The zero-order valence-corrected chi connectivity index (χ0v) is 13.5. The lowest BCUT2D eigenvalue weighted by Crippen LogP contribution is -2.53. The van der Waals surface area contributed by atoms with Crippen LogP contribution in [0.15, 0.2) is 24.3 Å². The van der Waals surface area contributed by atoms with E-state index in [2.05, 4.69) is 22.9 Å². The van der Waals surface area contributed by atoms with Gasteiger partial charge in [0.05, 0.1) is 11.6 Å². The Morgan fingerprint density at radius 2 is 1.91 bits per heavy atom. The highest BCUT2D eigenvalue weighted by atomic mass is 16.5. The molecule has 1 saturated carbocycles. The van der Waals surface area contributed by atoms with E-state index in [-0.39, 0.29) is 23.6 Å². The van der Waals surface area contributed by atoms with E-state index < -0.39 is 0 Å². The van der Waals surface area contributed by atoms with Crippen molar-refractivity contribution < 1.29 is 14.3 Å². The van der Waals surface area contributed by atoms with Crippen LogP contribution in [0.5, 0.6) is 0 Å². The van der Waals surface area contributed by atoms with Gasteiger partial charge in [0, 0.05) is 24.9 Å². The second kappa shape index (κ2) is 6.20. The van der Waals surface area contributed by atoms with Gasteiger partial charge in [-0.1, -0.05) is 0 Å². The predicted octanol–water partition coefficient (Wildman–Crippen LogP) is 2.13. The molecule has 1 saturated heterocycles. The molecule has 23 heavy (non-hydrogen) atoms. The average Bonchev–Trinajstić information content (AvgIpc) is 3.30. The van der Waals surface area contributed by atoms with E-state index in [4.69, 9.17) is 4.74 Å². The predicted molar refractivity (Wildman–Crippen MR) is 87.5 cm³/mol. The lowest BCUT2D eigenvalue weighted by molar-refractivity contribution is 0.0597. The molecule has 0 bridgehead atoms. The summed E-state index contributed by atoms with van der Waals surface area (Å²) in [4.78, 5) is 23.8. The standard InChI is InChI=1S/C17H23N3O3/c1-17(9-10-23-14(17)11-3-4-11)20-16(22)19-13-7-5-12(6-8-13)15(21)18-2/h5-8,11,14H,3-4,9-10H2,1-2H3,(H,18,21)(H2,19,20,22)/t14-,17+/m1/s1. The van der Waals surface area contributed by atoms with Gasteiger partial charge in [-0.15, -0.1) is 0 Å². The summed E-state index contributed by atoms with van der Waals surface area (Å²) in [5, 5.41) is 8.45. The molecule has 3 rings (SSSR count). The summed E-state index contributed by atoms with van der Waals surface area (Å²) in [5.74, 6) is 0.429. The molecule has 0 spiro atoms. The quantitative estimate of drug-likeness (QED) is 0.796. The first-order chi connectivity index (χ1) is 11.0. The first-order valence-corrected chi connectivity index (χ1v) is 8.05. The molecule has 0 unspecified atom stereocenters. The Hall–Kier alpha value is -2.08. The van der Waals surface area contributed by atoms with E-state index in [1.54, 1.807) is 31.3 Å². The van der Waals surface area contributed by atoms with Gasteiger partial charge in [0.1, 0.15) is 0 Å². The van der Waals surface area contributed by atoms with Gasteiger partial charge in [-0.25, -0.2) is 4.79 Å². The lowest BCUT2D eigenvalue weighted by atomic mass is 9.90. The van der Waals surface area contributed by atoms with Gasteiger partial charge in [0.2, 0.25) is 0 Å². The maximum Gasteiger partial charge on any atom is 0.319 e. The molecule has 1 heterocycles. The molecule has 1 aromatic rings. The van der Waals surface area contributed by atoms with Crippen molar-refractivity contribution in [1.82, 2.24) is 10.6 Å². The van der Waals surface area contributed by atoms with Gasteiger partial charge in [-0.2, -0.15) is 0 Å². The topological polar surface area (TPSA) is 79.5 Å². The Bertz CT molecular complexity index is 598. The molecule has 0 aromatic heterocycles. The van der Waals surface area contributed by atoms with Crippen molar-refractivity contribution in [3.05, 3.63) is 29.8 Å². The highest BCUT2D eigenvalue weighted by Gasteiger charge is 2.49. The second-order valence-corrected chi connectivity index (χ2v) is 6.53. The summed E-state index contributed by atoms with van der Waals surface area (Å²) in [6, 6.07) is 6.56. The van der Waals surface area contributed by atoms with Crippen LogP contribution in [0.2, 0.25) is 0 Å². The smallest absolute Gasteiger partial charge is 0.319 e. The van der Waals surface area contributed by atoms with Crippen LogP contribution in [0.25, 0.3) is 0 Å². The Morgan fingerprint density at radius 1 is 1.22 bits per heavy atom. The first-order valence-electron chi connectivity index (χ1n) is 8.05. The number of hydrogen-bond donors (Lipinski definition) is 3. The minimum Gasteiger partial charge on any atom is -0.375 e. The van der Waals surface area contributed by atoms with Gasteiger partial charge in [-0.3, -0.25) is 4.79 Å². The van der Waals surface area contributed by atoms with Crippen molar-refractivity contribution >= 4 is 17.6 Å². The normalized spacial score (nSPS) is 26.6. The van der Waals surface area contributed by atoms with Gasteiger partial charge in [-0.05, 0) is 56.4 Å². The zero-order valence-electron chi connectivity index (χ0n) is 13.5. The monoisotopic (exact) mass is 317 g/mol. The number of hydrogen-bond acceptors (Lipinski definition) is 3. The molecular formula is C17H23N3O3. The van der Waals surface area contributed by atoms with Crippen LogP contribution in [-0.2, 0) is 4.74 Å². The van der Waals surface area contributed by atoms with Crippen molar-refractivity contribution in [3.63, 3.8) is 0 Å². The van der Waals surface area contributed by atoms with E-state index >= 15 is 0 Å². The van der Waals surface area contributed by atoms with E-state index in [9.17, 15) is 9.59 Å². The summed E-state index contributed by atoms with van der Waals surface area (Å²) >= 11 is 0.